The van der Waals surface area contributed by atoms with Crippen molar-refractivity contribution in [2.75, 3.05) is 7.05 Å². The van der Waals surface area contributed by atoms with Gasteiger partial charge in [0.05, 0.1) is 10.7 Å². The van der Waals surface area contributed by atoms with E-state index in [0.29, 0.717) is 0 Å². The van der Waals surface area contributed by atoms with Gasteiger partial charge >= 0.3 is 0 Å². The summed E-state index contributed by atoms with van der Waals surface area (Å²) in [6, 6.07) is 8.70. The third kappa shape index (κ3) is 3.84. The molecule has 0 bridgehead atoms. The molecule has 0 fully saturated rings. The molecule has 0 saturated carbocycles. The minimum absolute atomic E-state index is 0.927. The second-order valence-electron chi connectivity index (χ2n) is 3.82. The molecule has 1 aromatic carbocycles. The number of hydrogen-bond acceptors (Lipinski definition) is 4. The fourth-order valence-corrected chi connectivity index (χ4v) is 3.05. The number of thioether (sulfide) groups is 1. The Bertz CT molecular complexity index is 463. The van der Waals surface area contributed by atoms with Crippen molar-refractivity contribution in [1.82, 2.24) is 10.3 Å². The van der Waals surface area contributed by atoms with Crippen molar-refractivity contribution in [3.05, 3.63) is 45.9 Å². The number of aromatic nitrogens is 1. The van der Waals surface area contributed by atoms with Crippen LogP contribution in [-0.2, 0) is 12.3 Å². The van der Waals surface area contributed by atoms with Crippen molar-refractivity contribution >= 4 is 23.1 Å². The highest BCUT2D eigenvalue weighted by molar-refractivity contribution is 7.98. The highest BCUT2D eigenvalue weighted by Crippen LogP contribution is 2.23. The lowest BCUT2D eigenvalue weighted by Crippen LogP contribution is -2.04. The second kappa shape index (κ2) is 6.19. The van der Waals surface area contributed by atoms with Crippen molar-refractivity contribution in [2.45, 2.75) is 24.1 Å². The van der Waals surface area contributed by atoms with Gasteiger partial charge in [-0.25, -0.2) is 4.98 Å². The first-order valence-corrected chi connectivity index (χ1v) is 7.42. The molecule has 2 nitrogen and oxygen atoms in total. The van der Waals surface area contributed by atoms with Crippen LogP contribution in [0.2, 0.25) is 0 Å². The van der Waals surface area contributed by atoms with Gasteiger partial charge in [0.1, 0.15) is 0 Å². The first-order chi connectivity index (χ1) is 8.28. The maximum Gasteiger partial charge on any atom is 0.0897 e. The smallest absolute Gasteiger partial charge is 0.0897 e. The van der Waals surface area contributed by atoms with Gasteiger partial charge < -0.3 is 5.32 Å². The SMILES string of the molecule is CNCc1ccc(SCc2csc(C)n2)cc1. The van der Waals surface area contributed by atoms with Crippen LogP contribution in [0.5, 0.6) is 0 Å². The van der Waals surface area contributed by atoms with E-state index in [0.717, 1.165) is 17.3 Å². The molecule has 1 aromatic heterocycles. The Morgan fingerprint density at radius 2 is 2.06 bits per heavy atom. The minimum Gasteiger partial charge on any atom is -0.316 e. The molecule has 0 spiro atoms. The van der Waals surface area contributed by atoms with Crippen molar-refractivity contribution < 1.29 is 0 Å². The first-order valence-electron chi connectivity index (χ1n) is 5.55. The van der Waals surface area contributed by atoms with Crippen molar-refractivity contribution in [3.63, 3.8) is 0 Å². The van der Waals surface area contributed by atoms with Gasteiger partial charge in [-0.1, -0.05) is 12.1 Å². The Kier molecular flexibility index (Phi) is 4.59. The maximum atomic E-state index is 4.46. The van der Waals surface area contributed by atoms with Gasteiger partial charge in [-0.2, -0.15) is 0 Å². The molecule has 0 radical (unpaired) electrons. The molecular weight excluding hydrogens is 248 g/mol. The number of aryl methyl sites for hydroxylation is 1. The van der Waals surface area contributed by atoms with Gasteiger partial charge in [-0.3, -0.25) is 0 Å². The Morgan fingerprint density at radius 3 is 2.65 bits per heavy atom. The van der Waals surface area contributed by atoms with E-state index in [4.69, 9.17) is 0 Å². The quantitative estimate of drug-likeness (QED) is 0.837. The normalized spacial score (nSPS) is 10.7. The summed E-state index contributed by atoms with van der Waals surface area (Å²) in [5.41, 5.74) is 2.50. The summed E-state index contributed by atoms with van der Waals surface area (Å²) in [6.45, 7) is 2.97. The molecule has 0 unspecified atom stereocenters. The molecule has 90 valence electrons. The van der Waals surface area contributed by atoms with Crippen LogP contribution in [0.15, 0.2) is 34.5 Å². The molecule has 0 aliphatic carbocycles. The molecule has 2 rings (SSSR count). The molecule has 17 heavy (non-hydrogen) atoms. The van der Waals surface area contributed by atoms with Crippen LogP contribution in [0.4, 0.5) is 0 Å². The number of nitrogens with zero attached hydrogens (tertiary/aromatic N) is 1. The van der Waals surface area contributed by atoms with Gasteiger partial charge in [0.2, 0.25) is 0 Å². The molecule has 4 heteroatoms. The van der Waals surface area contributed by atoms with Crippen molar-refractivity contribution in [3.8, 4) is 0 Å². The molecule has 1 heterocycles. The predicted molar refractivity (Wildman–Crippen MR) is 75.6 cm³/mol. The van der Waals surface area contributed by atoms with E-state index in [1.807, 2.05) is 25.7 Å². The van der Waals surface area contributed by atoms with Crippen LogP contribution >= 0.6 is 23.1 Å². The first kappa shape index (κ1) is 12.6. The van der Waals surface area contributed by atoms with Crippen LogP contribution in [0.25, 0.3) is 0 Å². The zero-order chi connectivity index (χ0) is 12.1. The van der Waals surface area contributed by atoms with Gasteiger partial charge in [-0.05, 0) is 31.7 Å². The Labute approximate surface area is 110 Å². The van der Waals surface area contributed by atoms with Gasteiger partial charge in [0, 0.05) is 22.6 Å². The zero-order valence-corrected chi connectivity index (χ0v) is 11.7. The summed E-state index contributed by atoms with van der Waals surface area (Å²) in [4.78, 5) is 5.76. The van der Waals surface area contributed by atoms with Gasteiger partial charge in [0.25, 0.3) is 0 Å². The molecule has 0 atom stereocenters. The number of hydrogen-bond donors (Lipinski definition) is 1. The van der Waals surface area contributed by atoms with E-state index < -0.39 is 0 Å². The van der Waals surface area contributed by atoms with Crippen LogP contribution in [-0.4, -0.2) is 12.0 Å². The summed E-state index contributed by atoms with van der Waals surface area (Å²) in [5.74, 6) is 0.954. The minimum atomic E-state index is 0.927. The van der Waals surface area contributed by atoms with Crippen molar-refractivity contribution in [1.29, 1.82) is 0 Å². The van der Waals surface area contributed by atoms with Gasteiger partial charge in [-0.15, -0.1) is 23.1 Å². The van der Waals surface area contributed by atoms with Crippen LogP contribution < -0.4 is 5.32 Å². The number of nitrogens with one attached hydrogen (secondary N) is 1. The standard InChI is InChI=1S/C13H16N2S2/c1-10-15-12(8-16-10)9-17-13-5-3-11(4-6-13)7-14-2/h3-6,8,14H,7,9H2,1-2H3. The summed E-state index contributed by atoms with van der Waals surface area (Å²) >= 11 is 3.55. The molecule has 0 saturated heterocycles. The Morgan fingerprint density at radius 1 is 1.29 bits per heavy atom. The summed E-state index contributed by atoms with van der Waals surface area (Å²) in [7, 11) is 1.97. The van der Waals surface area contributed by atoms with E-state index >= 15 is 0 Å². The molecule has 0 aliphatic heterocycles. The Balaban J connectivity index is 1.90. The lowest BCUT2D eigenvalue weighted by molar-refractivity contribution is 0.817. The predicted octanol–water partition coefficient (Wildman–Crippen LogP) is 3.46. The zero-order valence-electron chi connectivity index (χ0n) is 10.1. The monoisotopic (exact) mass is 264 g/mol. The van der Waals surface area contributed by atoms with E-state index in [1.165, 1.54) is 16.2 Å². The number of benzene rings is 1. The molecule has 0 amide bonds. The van der Waals surface area contributed by atoms with E-state index in [9.17, 15) is 0 Å². The topological polar surface area (TPSA) is 24.9 Å². The largest absolute Gasteiger partial charge is 0.316 e. The van der Waals surface area contributed by atoms with E-state index in [2.05, 4.69) is 39.9 Å². The van der Waals surface area contributed by atoms with Crippen LogP contribution in [0, 0.1) is 6.92 Å². The third-order valence-corrected chi connectivity index (χ3v) is 4.23. The average molecular weight is 264 g/mol. The fourth-order valence-electron chi connectivity index (χ4n) is 1.54. The summed E-state index contributed by atoms with van der Waals surface area (Å²) in [5, 5.41) is 6.43. The van der Waals surface area contributed by atoms with E-state index in [1.54, 1.807) is 11.3 Å². The second-order valence-corrected chi connectivity index (χ2v) is 5.93. The molecular formula is C13H16N2S2. The fraction of sp³-hybridized carbons (Fsp3) is 0.308. The van der Waals surface area contributed by atoms with E-state index in [-0.39, 0.29) is 0 Å². The molecule has 1 N–H and O–H groups in total. The van der Waals surface area contributed by atoms with Gasteiger partial charge in [0.15, 0.2) is 0 Å². The highest BCUT2D eigenvalue weighted by atomic mass is 32.2. The number of rotatable bonds is 5. The third-order valence-electron chi connectivity index (χ3n) is 2.36. The highest BCUT2D eigenvalue weighted by Gasteiger charge is 2.00. The molecule has 2 aromatic rings. The number of thiazole rings is 1. The lowest BCUT2D eigenvalue weighted by atomic mass is 10.2. The summed E-state index contributed by atoms with van der Waals surface area (Å²) in [6.07, 6.45) is 0. The van der Waals surface area contributed by atoms with Crippen LogP contribution in [0.3, 0.4) is 0 Å². The maximum absolute atomic E-state index is 4.46. The Hall–Kier alpha value is -0.840. The molecule has 0 aliphatic rings. The lowest BCUT2D eigenvalue weighted by Gasteiger charge is -2.02. The van der Waals surface area contributed by atoms with Crippen molar-refractivity contribution in [2.24, 2.45) is 0 Å². The van der Waals surface area contributed by atoms with Crippen LogP contribution in [0.1, 0.15) is 16.3 Å². The summed E-state index contributed by atoms with van der Waals surface area (Å²) < 4.78 is 0. The average Bonchev–Trinajstić information content (AvgIpc) is 2.75.